The number of nitriles is 2. The molecule has 8 rings (SSSR count). The molecule has 2 aliphatic carbocycles. The zero-order valence-corrected chi connectivity index (χ0v) is 35.6. The van der Waals surface area contributed by atoms with E-state index >= 15 is 0 Å². The minimum atomic E-state index is -3.17. The van der Waals surface area contributed by atoms with E-state index < -0.39 is 30.5 Å². The molecule has 1 spiro atoms. The number of fused-ring (bicyclic) bond motifs is 6. The number of hydrogen-bond acceptors (Lipinski definition) is 12. The van der Waals surface area contributed by atoms with Gasteiger partial charge in [0.05, 0.1) is 37.2 Å². The van der Waals surface area contributed by atoms with Crippen molar-refractivity contribution in [3.63, 3.8) is 0 Å². The molecular weight excluding hydrogens is 765 g/mol. The molecule has 3 aromatic carbocycles. The average Bonchev–Trinajstić information content (AvgIpc) is 3.51. The van der Waals surface area contributed by atoms with Crippen LogP contribution >= 0.6 is 0 Å². The van der Waals surface area contributed by atoms with Gasteiger partial charge in [-0.25, -0.2) is 16.8 Å². The molecule has 0 aromatic heterocycles. The standard InChI is InChI=1S/C43H50N4O8S2/c1-25-26(2)28(20-45)40-39(27(25)19-44)54-34-18-32-36(30(38(34)55-40)22-47-11-15-57(50,51)16-12-47)43(24-42(32,5)6)23-41(3,4)31-17-33(52-7)37(53-8)29(35(31)43)21-46-9-13-56(48,49)14-10-46/h17-18H,9-16,21-24H2,1-8H3. The van der Waals surface area contributed by atoms with Crippen LogP contribution in [0.5, 0.6) is 34.5 Å². The lowest BCUT2D eigenvalue weighted by Crippen LogP contribution is -2.41. The Balaban J connectivity index is 1.41. The summed E-state index contributed by atoms with van der Waals surface area (Å²) in [5, 5.41) is 20.8. The second-order valence-electron chi connectivity index (χ2n) is 17.8. The fourth-order valence-corrected chi connectivity index (χ4v) is 13.1. The first-order valence-corrected chi connectivity index (χ1v) is 23.1. The van der Waals surface area contributed by atoms with Crippen molar-refractivity contribution in [3.8, 4) is 46.6 Å². The average molecular weight is 815 g/mol. The molecule has 0 bridgehead atoms. The van der Waals surface area contributed by atoms with E-state index in [1.165, 1.54) is 0 Å². The molecule has 57 heavy (non-hydrogen) atoms. The number of sulfone groups is 2. The number of nitrogens with zero attached hydrogens (tertiary/aromatic N) is 4. The van der Waals surface area contributed by atoms with E-state index in [1.54, 1.807) is 14.2 Å². The molecule has 3 aliphatic heterocycles. The van der Waals surface area contributed by atoms with Gasteiger partial charge in [0.1, 0.15) is 23.3 Å². The number of benzene rings is 3. The van der Waals surface area contributed by atoms with E-state index in [9.17, 15) is 27.4 Å². The van der Waals surface area contributed by atoms with Gasteiger partial charge < -0.3 is 18.9 Å². The van der Waals surface area contributed by atoms with Crippen LogP contribution in [0.15, 0.2) is 12.1 Å². The van der Waals surface area contributed by atoms with Crippen LogP contribution in [0.1, 0.15) is 96.2 Å². The van der Waals surface area contributed by atoms with Gasteiger partial charge in [0, 0.05) is 55.8 Å². The highest BCUT2D eigenvalue weighted by molar-refractivity contribution is 7.91. The molecule has 0 radical (unpaired) electrons. The lowest BCUT2D eigenvalue weighted by Gasteiger charge is -2.37. The maximum atomic E-state index is 12.7. The van der Waals surface area contributed by atoms with E-state index in [2.05, 4.69) is 61.8 Å². The Morgan fingerprint density at radius 2 is 1.14 bits per heavy atom. The Bertz CT molecular complexity index is 2540. The number of methoxy groups -OCH3 is 2. The van der Waals surface area contributed by atoms with Crippen molar-refractivity contribution in [1.82, 2.24) is 9.80 Å². The van der Waals surface area contributed by atoms with Crippen LogP contribution in [0.3, 0.4) is 0 Å². The van der Waals surface area contributed by atoms with Gasteiger partial charge in [-0.3, -0.25) is 9.80 Å². The summed E-state index contributed by atoms with van der Waals surface area (Å²) in [6.45, 7) is 15.0. The van der Waals surface area contributed by atoms with Crippen LogP contribution in [-0.4, -0.2) is 90.0 Å². The first-order valence-electron chi connectivity index (χ1n) is 19.5. The predicted molar refractivity (Wildman–Crippen MR) is 215 cm³/mol. The van der Waals surface area contributed by atoms with Crippen LogP contribution in [-0.2, 0) is 49.0 Å². The largest absolute Gasteiger partial charge is 0.493 e. The van der Waals surface area contributed by atoms with Gasteiger partial charge >= 0.3 is 0 Å². The maximum absolute atomic E-state index is 12.7. The molecule has 3 aromatic rings. The van der Waals surface area contributed by atoms with E-state index in [1.807, 2.05) is 13.8 Å². The summed E-state index contributed by atoms with van der Waals surface area (Å²) >= 11 is 0. The van der Waals surface area contributed by atoms with Crippen LogP contribution in [0.25, 0.3) is 0 Å². The summed E-state index contributed by atoms with van der Waals surface area (Å²) in [5.41, 5.74) is 6.86. The normalized spacial score (nSPS) is 23.5. The molecule has 14 heteroatoms. The lowest BCUT2D eigenvalue weighted by molar-refractivity contribution is 0.271. The highest BCUT2D eigenvalue weighted by Gasteiger charge is 2.60. The number of ether oxygens (including phenoxy) is 4. The third-order valence-corrected chi connectivity index (χ3v) is 16.5. The van der Waals surface area contributed by atoms with Crippen LogP contribution in [0, 0.1) is 36.5 Å². The SMILES string of the molecule is COc1cc2c(c(CN3CCS(=O)(=O)CC3)c1OC)C1(CC2(C)C)CC(C)(C)c2cc3c(c(CN4CCS(=O)(=O)CC4)c21)Oc1c(C#N)c(C)c(C)c(C#N)c1O3. The van der Waals surface area contributed by atoms with E-state index in [0.717, 1.165) is 46.2 Å². The molecule has 1 atom stereocenters. The van der Waals surface area contributed by atoms with E-state index in [0.29, 0.717) is 84.5 Å². The summed E-state index contributed by atoms with van der Waals surface area (Å²) in [5.74, 6) is 2.86. The van der Waals surface area contributed by atoms with Crippen molar-refractivity contribution in [2.75, 3.05) is 63.4 Å². The Labute approximate surface area is 336 Å². The molecule has 0 N–H and O–H groups in total. The van der Waals surface area contributed by atoms with Crippen LogP contribution in [0.4, 0.5) is 0 Å². The molecule has 0 amide bonds. The predicted octanol–water partition coefficient (Wildman–Crippen LogP) is 6.07. The summed E-state index contributed by atoms with van der Waals surface area (Å²) in [6.07, 6.45) is 1.46. The second kappa shape index (κ2) is 13.3. The Hall–Kier alpha value is -4.34. The van der Waals surface area contributed by atoms with Crippen molar-refractivity contribution < 1.29 is 35.8 Å². The summed E-state index contributed by atoms with van der Waals surface area (Å²) < 4.78 is 76.3. The number of rotatable bonds is 6. The van der Waals surface area contributed by atoms with E-state index in [4.69, 9.17) is 18.9 Å². The van der Waals surface area contributed by atoms with E-state index in [-0.39, 0.29) is 39.9 Å². The molecule has 3 heterocycles. The fourth-order valence-electron chi connectivity index (χ4n) is 10.5. The maximum Gasteiger partial charge on any atom is 0.189 e. The van der Waals surface area contributed by atoms with Gasteiger partial charge in [-0.05, 0) is 83.0 Å². The first kappa shape index (κ1) is 39.5. The van der Waals surface area contributed by atoms with Crippen LogP contribution < -0.4 is 18.9 Å². The Kier molecular flexibility index (Phi) is 9.25. The topological polar surface area (TPSA) is 159 Å². The number of hydrogen-bond donors (Lipinski definition) is 0. The van der Waals surface area contributed by atoms with Crippen molar-refractivity contribution >= 4 is 19.7 Å². The monoisotopic (exact) mass is 814 g/mol. The lowest BCUT2D eigenvalue weighted by atomic mass is 9.70. The molecule has 2 saturated heterocycles. The van der Waals surface area contributed by atoms with Crippen molar-refractivity contribution in [2.45, 2.75) is 83.7 Å². The smallest absolute Gasteiger partial charge is 0.189 e. The van der Waals surface area contributed by atoms with Crippen molar-refractivity contribution in [1.29, 1.82) is 10.5 Å². The third-order valence-electron chi connectivity index (χ3n) is 13.3. The van der Waals surface area contributed by atoms with Crippen LogP contribution in [0.2, 0.25) is 0 Å². The van der Waals surface area contributed by atoms with Gasteiger partial charge in [0.2, 0.25) is 0 Å². The molecule has 5 aliphatic rings. The summed E-state index contributed by atoms with van der Waals surface area (Å²) in [6, 6.07) is 8.75. The van der Waals surface area contributed by atoms with Gasteiger partial charge in [-0.1, -0.05) is 27.7 Å². The Morgan fingerprint density at radius 1 is 0.684 bits per heavy atom. The van der Waals surface area contributed by atoms with Gasteiger partial charge in [0.25, 0.3) is 0 Å². The zero-order chi connectivity index (χ0) is 41.0. The molecule has 2 fully saturated rings. The second-order valence-corrected chi connectivity index (χ2v) is 22.4. The molecular formula is C43H50N4O8S2. The molecule has 0 saturated carbocycles. The minimum absolute atomic E-state index is 0.0478. The van der Waals surface area contributed by atoms with Gasteiger partial charge in [0.15, 0.2) is 54.2 Å². The fraction of sp³-hybridized carbons (Fsp3) is 0.535. The van der Waals surface area contributed by atoms with Crippen molar-refractivity contribution in [2.24, 2.45) is 0 Å². The minimum Gasteiger partial charge on any atom is -0.493 e. The zero-order valence-electron chi connectivity index (χ0n) is 34.0. The highest BCUT2D eigenvalue weighted by Crippen LogP contribution is 2.68. The Morgan fingerprint density at radius 3 is 1.61 bits per heavy atom. The van der Waals surface area contributed by atoms with Gasteiger partial charge in [-0.15, -0.1) is 0 Å². The quantitative estimate of drug-likeness (QED) is 0.222. The van der Waals surface area contributed by atoms with Crippen molar-refractivity contribution in [3.05, 3.63) is 67.8 Å². The van der Waals surface area contributed by atoms with Gasteiger partial charge in [-0.2, -0.15) is 10.5 Å². The highest BCUT2D eigenvalue weighted by atomic mass is 32.2. The summed E-state index contributed by atoms with van der Waals surface area (Å²) in [4.78, 5) is 4.35. The third kappa shape index (κ3) is 6.17. The summed E-state index contributed by atoms with van der Waals surface area (Å²) in [7, 11) is -3.00. The molecule has 1 unspecified atom stereocenters. The molecule has 12 nitrogen and oxygen atoms in total. The first-order chi connectivity index (χ1) is 26.8. The molecule has 302 valence electrons.